The Bertz CT molecular complexity index is 324. The molecule has 0 spiro atoms. The van der Waals surface area contributed by atoms with Crippen LogP contribution in [0, 0.1) is 0 Å². The van der Waals surface area contributed by atoms with Crippen LogP contribution in [0.25, 0.3) is 0 Å². The molecule has 0 heterocycles. The van der Waals surface area contributed by atoms with E-state index >= 15 is 0 Å². The van der Waals surface area contributed by atoms with Crippen molar-refractivity contribution in [1.82, 2.24) is 5.32 Å². The Balaban J connectivity index is 2.43. The van der Waals surface area contributed by atoms with Gasteiger partial charge in [0.05, 0.1) is 0 Å². The van der Waals surface area contributed by atoms with Gasteiger partial charge in [0.2, 0.25) is 5.91 Å². The number of hydrogen-bond donors (Lipinski definition) is 2. The molecule has 15 heavy (non-hydrogen) atoms. The van der Waals surface area contributed by atoms with Crippen LogP contribution >= 0.6 is 11.6 Å². The summed E-state index contributed by atoms with van der Waals surface area (Å²) < 4.78 is 0. The van der Waals surface area contributed by atoms with E-state index in [2.05, 4.69) is 5.32 Å². The summed E-state index contributed by atoms with van der Waals surface area (Å²) in [5, 5.41) is 3.41. The Morgan fingerprint density at radius 2 is 2.07 bits per heavy atom. The summed E-state index contributed by atoms with van der Waals surface area (Å²) in [5.74, 6) is -0.0293. The second kappa shape index (κ2) is 5.73. The SMILES string of the molecule is CC(=O)NCCC(N)c1ccc(Cl)cc1. The molecule has 1 amide bonds. The minimum Gasteiger partial charge on any atom is -0.356 e. The predicted octanol–water partition coefficient (Wildman–Crippen LogP) is 1.87. The lowest BCUT2D eigenvalue weighted by Gasteiger charge is -2.12. The molecular formula is C11H15ClN2O. The Labute approximate surface area is 94.6 Å². The highest BCUT2D eigenvalue weighted by atomic mass is 35.5. The Morgan fingerprint density at radius 3 is 2.60 bits per heavy atom. The molecule has 1 aromatic rings. The van der Waals surface area contributed by atoms with Crippen molar-refractivity contribution in [2.24, 2.45) is 5.73 Å². The van der Waals surface area contributed by atoms with E-state index in [1.807, 2.05) is 24.3 Å². The molecule has 0 radical (unpaired) electrons. The average Bonchev–Trinajstić information content (AvgIpc) is 2.18. The Hall–Kier alpha value is -1.06. The van der Waals surface area contributed by atoms with E-state index in [1.165, 1.54) is 6.92 Å². The summed E-state index contributed by atoms with van der Waals surface area (Å²) in [6.45, 7) is 2.09. The molecule has 1 atom stereocenters. The van der Waals surface area contributed by atoms with Gasteiger partial charge in [0.1, 0.15) is 0 Å². The van der Waals surface area contributed by atoms with Crippen LogP contribution < -0.4 is 11.1 Å². The van der Waals surface area contributed by atoms with Crippen LogP contribution in [0.2, 0.25) is 5.02 Å². The van der Waals surface area contributed by atoms with E-state index in [-0.39, 0.29) is 11.9 Å². The molecule has 0 saturated carbocycles. The maximum absolute atomic E-state index is 10.6. The van der Waals surface area contributed by atoms with Crippen molar-refractivity contribution in [1.29, 1.82) is 0 Å². The number of rotatable bonds is 4. The zero-order chi connectivity index (χ0) is 11.3. The van der Waals surface area contributed by atoms with Crippen molar-refractivity contribution in [2.45, 2.75) is 19.4 Å². The summed E-state index contributed by atoms with van der Waals surface area (Å²) in [7, 11) is 0. The second-order valence-electron chi connectivity index (χ2n) is 3.43. The molecule has 1 rings (SSSR count). The van der Waals surface area contributed by atoms with Gasteiger partial charge < -0.3 is 11.1 Å². The highest BCUT2D eigenvalue weighted by Crippen LogP contribution is 2.16. The van der Waals surface area contributed by atoms with Gasteiger partial charge in [-0.05, 0) is 24.1 Å². The van der Waals surface area contributed by atoms with Gasteiger partial charge in [0.15, 0.2) is 0 Å². The number of hydrogen-bond acceptors (Lipinski definition) is 2. The van der Waals surface area contributed by atoms with Crippen LogP contribution in [-0.2, 0) is 4.79 Å². The number of benzene rings is 1. The predicted molar refractivity (Wildman–Crippen MR) is 61.7 cm³/mol. The topological polar surface area (TPSA) is 55.1 Å². The molecule has 0 fully saturated rings. The zero-order valence-corrected chi connectivity index (χ0v) is 9.42. The lowest BCUT2D eigenvalue weighted by Crippen LogP contribution is -2.24. The van der Waals surface area contributed by atoms with Crippen LogP contribution in [0.3, 0.4) is 0 Å². The van der Waals surface area contributed by atoms with Gasteiger partial charge in [-0.25, -0.2) is 0 Å². The number of nitrogens with one attached hydrogen (secondary N) is 1. The van der Waals surface area contributed by atoms with Crippen LogP contribution in [0.15, 0.2) is 24.3 Å². The van der Waals surface area contributed by atoms with Crippen molar-refractivity contribution in [3.63, 3.8) is 0 Å². The summed E-state index contributed by atoms with van der Waals surface area (Å²) in [6, 6.07) is 7.38. The fourth-order valence-corrected chi connectivity index (χ4v) is 1.41. The van der Waals surface area contributed by atoms with Crippen LogP contribution in [0.4, 0.5) is 0 Å². The first-order chi connectivity index (χ1) is 7.09. The summed E-state index contributed by atoms with van der Waals surface area (Å²) in [4.78, 5) is 10.6. The minimum absolute atomic E-state index is 0.0293. The summed E-state index contributed by atoms with van der Waals surface area (Å²) in [5.41, 5.74) is 6.97. The molecule has 0 aliphatic carbocycles. The van der Waals surface area contributed by atoms with Gasteiger partial charge >= 0.3 is 0 Å². The summed E-state index contributed by atoms with van der Waals surface area (Å²) >= 11 is 5.76. The van der Waals surface area contributed by atoms with E-state index in [0.29, 0.717) is 11.6 Å². The summed E-state index contributed by atoms with van der Waals surface area (Å²) in [6.07, 6.45) is 0.723. The fourth-order valence-electron chi connectivity index (χ4n) is 1.28. The smallest absolute Gasteiger partial charge is 0.216 e. The van der Waals surface area contributed by atoms with Gasteiger partial charge in [0.25, 0.3) is 0 Å². The van der Waals surface area contributed by atoms with Crippen molar-refractivity contribution in [3.05, 3.63) is 34.9 Å². The number of carbonyl (C=O) groups excluding carboxylic acids is 1. The normalized spacial score (nSPS) is 12.2. The van der Waals surface area contributed by atoms with E-state index in [4.69, 9.17) is 17.3 Å². The van der Waals surface area contributed by atoms with Gasteiger partial charge in [-0.3, -0.25) is 4.79 Å². The van der Waals surface area contributed by atoms with Gasteiger partial charge in [-0.15, -0.1) is 0 Å². The minimum atomic E-state index is -0.0610. The molecule has 0 bridgehead atoms. The molecular weight excluding hydrogens is 212 g/mol. The zero-order valence-electron chi connectivity index (χ0n) is 8.66. The molecule has 3 nitrogen and oxygen atoms in total. The highest BCUT2D eigenvalue weighted by Gasteiger charge is 2.05. The second-order valence-corrected chi connectivity index (χ2v) is 3.87. The van der Waals surface area contributed by atoms with Crippen LogP contribution in [0.1, 0.15) is 24.9 Å². The van der Waals surface area contributed by atoms with Crippen molar-refractivity contribution in [3.8, 4) is 0 Å². The molecule has 0 aliphatic rings. The molecule has 0 saturated heterocycles. The molecule has 82 valence electrons. The maximum atomic E-state index is 10.6. The molecule has 0 aliphatic heterocycles. The number of carbonyl (C=O) groups is 1. The first kappa shape index (κ1) is 12.0. The van der Waals surface area contributed by atoms with Gasteiger partial charge in [-0.1, -0.05) is 23.7 Å². The first-order valence-corrected chi connectivity index (χ1v) is 5.23. The quantitative estimate of drug-likeness (QED) is 0.824. The highest BCUT2D eigenvalue weighted by molar-refractivity contribution is 6.30. The van der Waals surface area contributed by atoms with E-state index in [1.54, 1.807) is 0 Å². The third-order valence-electron chi connectivity index (χ3n) is 2.13. The Kier molecular flexibility index (Phi) is 4.59. The number of halogens is 1. The van der Waals surface area contributed by atoms with Gasteiger partial charge in [-0.2, -0.15) is 0 Å². The Morgan fingerprint density at radius 1 is 1.47 bits per heavy atom. The average molecular weight is 227 g/mol. The third-order valence-corrected chi connectivity index (χ3v) is 2.38. The van der Waals surface area contributed by atoms with E-state index in [9.17, 15) is 4.79 Å². The molecule has 4 heteroatoms. The molecule has 0 aromatic heterocycles. The molecule has 1 unspecified atom stereocenters. The fraction of sp³-hybridized carbons (Fsp3) is 0.364. The van der Waals surface area contributed by atoms with Crippen molar-refractivity contribution >= 4 is 17.5 Å². The van der Waals surface area contributed by atoms with Crippen LogP contribution in [0.5, 0.6) is 0 Å². The monoisotopic (exact) mass is 226 g/mol. The largest absolute Gasteiger partial charge is 0.356 e. The van der Waals surface area contributed by atoms with Gasteiger partial charge in [0, 0.05) is 24.5 Å². The standard InChI is InChI=1S/C11H15ClN2O/c1-8(15)14-7-6-11(13)9-2-4-10(12)5-3-9/h2-5,11H,6-7,13H2,1H3,(H,14,15). The third kappa shape index (κ3) is 4.32. The molecule has 1 aromatic carbocycles. The lowest BCUT2D eigenvalue weighted by molar-refractivity contribution is -0.118. The van der Waals surface area contributed by atoms with E-state index in [0.717, 1.165) is 12.0 Å². The lowest BCUT2D eigenvalue weighted by atomic mass is 10.1. The maximum Gasteiger partial charge on any atom is 0.216 e. The number of nitrogens with two attached hydrogens (primary N) is 1. The molecule has 3 N–H and O–H groups in total. The van der Waals surface area contributed by atoms with Crippen LogP contribution in [-0.4, -0.2) is 12.5 Å². The first-order valence-electron chi connectivity index (χ1n) is 4.85. The van der Waals surface area contributed by atoms with Crippen molar-refractivity contribution < 1.29 is 4.79 Å². The van der Waals surface area contributed by atoms with Crippen molar-refractivity contribution in [2.75, 3.05) is 6.54 Å². The number of amides is 1. The van der Waals surface area contributed by atoms with E-state index < -0.39 is 0 Å².